The number of aromatic carboxylic acids is 1. The van der Waals surface area contributed by atoms with Crippen LogP contribution in [0.4, 0.5) is 5.69 Å². The number of carbonyl (C=O) groups is 2. The molecule has 4 nitrogen and oxygen atoms in total. The number of carboxylic acids is 1. The monoisotopic (exact) mass is 275 g/mol. The molecule has 0 radical (unpaired) electrons. The minimum absolute atomic E-state index is 0.0478. The van der Waals surface area contributed by atoms with Crippen LogP contribution in [-0.4, -0.2) is 24.0 Å². The molecule has 20 heavy (non-hydrogen) atoms. The van der Waals surface area contributed by atoms with Crippen LogP contribution in [0.1, 0.15) is 43.5 Å². The van der Waals surface area contributed by atoms with Crippen LogP contribution in [-0.2, 0) is 4.79 Å². The first-order chi connectivity index (χ1) is 9.33. The number of hydrogen-bond donors (Lipinski definition) is 1. The Balaban J connectivity index is 2.16. The summed E-state index contributed by atoms with van der Waals surface area (Å²) in [4.78, 5) is 25.1. The highest BCUT2D eigenvalue weighted by Crippen LogP contribution is 2.43. The maximum absolute atomic E-state index is 12.6. The molecule has 1 aliphatic rings. The molecule has 0 aromatic heterocycles. The fourth-order valence-corrected chi connectivity index (χ4v) is 2.97. The highest BCUT2D eigenvalue weighted by molar-refractivity contribution is 5.96. The standard InChI is InChI=1S/C16H21NO3/c1-16(2)10-4-5-13(16)14(18)17(3)12-8-6-11(7-9-12)15(19)20/h6-9,13H,4-5,10H2,1-3H3,(H,19,20). The Hall–Kier alpha value is -1.84. The lowest BCUT2D eigenvalue weighted by Gasteiger charge is -2.30. The van der Waals surface area contributed by atoms with Crippen LogP contribution in [0, 0.1) is 11.3 Å². The van der Waals surface area contributed by atoms with Gasteiger partial charge in [-0.15, -0.1) is 0 Å². The summed E-state index contributed by atoms with van der Waals surface area (Å²) in [5.41, 5.74) is 1.02. The number of benzene rings is 1. The zero-order valence-corrected chi connectivity index (χ0v) is 12.2. The zero-order valence-electron chi connectivity index (χ0n) is 12.2. The van der Waals surface area contributed by atoms with Crippen LogP contribution in [0.25, 0.3) is 0 Å². The summed E-state index contributed by atoms with van der Waals surface area (Å²) >= 11 is 0. The molecule has 4 heteroatoms. The highest BCUT2D eigenvalue weighted by atomic mass is 16.4. The third-order valence-electron chi connectivity index (χ3n) is 4.39. The van der Waals surface area contributed by atoms with Crippen molar-refractivity contribution >= 4 is 17.6 Å². The molecule has 1 fully saturated rings. The van der Waals surface area contributed by atoms with Gasteiger partial charge in [0.25, 0.3) is 0 Å². The fourth-order valence-electron chi connectivity index (χ4n) is 2.97. The summed E-state index contributed by atoms with van der Waals surface area (Å²) in [5.74, 6) is -0.787. The maximum atomic E-state index is 12.6. The van der Waals surface area contributed by atoms with E-state index in [2.05, 4.69) is 13.8 Å². The van der Waals surface area contributed by atoms with Crippen molar-refractivity contribution in [3.63, 3.8) is 0 Å². The quantitative estimate of drug-likeness (QED) is 0.921. The number of rotatable bonds is 3. The van der Waals surface area contributed by atoms with E-state index >= 15 is 0 Å². The lowest BCUT2D eigenvalue weighted by Crippen LogP contribution is -2.37. The molecule has 1 aliphatic carbocycles. The maximum Gasteiger partial charge on any atom is 0.335 e. The Morgan fingerprint density at radius 1 is 1.25 bits per heavy atom. The molecular weight excluding hydrogens is 254 g/mol. The van der Waals surface area contributed by atoms with Crippen molar-refractivity contribution in [3.8, 4) is 0 Å². The molecular formula is C16H21NO3. The summed E-state index contributed by atoms with van der Waals surface area (Å²) in [7, 11) is 1.76. The van der Waals surface area contributed by atoms with E-state index in [0.29, 0.717) is 0 Å². The Kier molecular flexibility index (Phi) is 3.84. The van der Waals surface area contributed by atoms with E-state index in [1.165, 1.54) is 12.1 Å². The summed E-state index contributed by atoms with van der Waals surface area (Å²) < 4.78 is 0. The number of carbonyl (C=O) groups excluding carboxylic acids is 1. The lowest BCUT2D eigenvalue weighted by molar-refractivity contribution is -0.124. The van der Waals surface area contributed by atoms with Crippen molar-refractivity contribution in [3.05, 3.63) is 29.8 Å². The first-order valence-electron chi connectivity index (χ1n) is 6.94. The van der Waals surface area contributed by atoms with Crippen molar-refractivity contribution < 1.29 is 14.7 Å². The average Bonchev–Trinajstić information content (AvgIpc) is 2.76. The van der Waals surface area contributed by atoms with E-state index in [0.717, 1.165) is 24.9 Å². The number of amides is 1. The van der Waals surface area contributed by atoms with Gasteiger partial charge < -0.3 is 10.0 Å². The van der Waals surface area contributed by atoms with Gasteiger partial charge in [0.2, 0.25) is 5.91 Å². The van der Waals surface area contributed by atoms with E-state index < -0.39 is 5.97 Å². The molecule has 1 saturated carbocycles. The van der Waals surface area contributed by atoms with Gasteiger partial charge >= 0.3 is 5.97 Å². The van der Waals surface area contributed by atoms with Gasteiger partial charge in [-0.2, -0.15) is 0 Å². The SMILES string of the molecule is CN(C(=O)C1CCCC1(C)C)c1ccc(C(=O)O)cc1. The highest BCUT2D eigenvalue weighted by Gasteiger charge is 2.40. The zero-order chi connectivity index (χ0) is 14.9. The van der Waals surface area contributed by atoms with Gasteiger partial charge in [-0.25, -0.2) is 4.79 Å². The number of nitrogens with zero attached hydrogens (tertiary/aromatic N) is 1. The minimum Gasteiger partial charge on any atom is -0.478 e. The molecule has 1 N–H and O–H groups in total. The summed E-state index contributed by atoms with van der Waals surface area (Å²) in [6.45, 7) is 4.29. The molecule has 0 aliphatic heterocycles. The Bertz CT molecular complexity index is 519. The summed E-state index contributed by atoms with van der Waals surface area (Å²) in [6, 6.07) is 6.43. The third kappa shape index (κ3) is 2.69. The number of anilines is 1. The summed E-state index contributed by atoms with van der Waals surface area (Å²) in [5, 5.41) is 8.88. The predicted molar refractivity (Wildman–Crippen MR) is 77.9 cm³/mol. The van der Waals surface area contributed by atoms with Crippen LogP contribution in [0.2, 0.25) is 0 Å². The minimum atomic E-state index is -0.956. The second-order valence-corrected chi connectivity index (χ2v) is 6.18. The average molecular weight is 275 g/mol. The third-order valence-corrected chi connectivity index (χ3v) is 4.39. The molecule has 0 saturated heterocycles. The largest absolute Gasteiger partial charge is 0.478 e. The van der Waals surface area contributed by atoms with E-state index in [-0.39, 0.29) is 22.8 Å². The molecule has 0 heterocycles. The van der Waals surface area contributed by atoms with E-state index in [9.17, 15) is 9.59 Å². The summed E-state index contributed by atoms with van der Waals surface area (Å²) in [6.07, 6.45) is 3.10. The molecule has 1 atom stereocenters. The van der Waals surface area contributed by atoms with Gasteiger partial charge in [-0.1, -0.05) is 20.3 Å². The van der Waals surface area contributed by atoms with Crippen molar-refractivity contribution in [2.75, 3.05) is 11.9 Å². The molecule has 2 rings (SSSR count). The second-order valence-electron chi connectivity index (χ2n) is 6.18. The normalized spacial score (nSPS) is 20.6. The molecule has 1 aromatic carbocycles. The van der Waals surface area contributed by atoms with E-state index in [1.807, 2.05) is 0 Å². The molecule has 0 bridgehead atoms. The fraction of sp³-hybridized carbons (Fsp3) is 0.500. The van der Waals surface area contributed by atoms with Crippen LogP contribution < -0.4 is 4.90 Å². The molecule has 1 unspecified atom stereocenters. The Labute approximate surface area is 119 Å². The Morgan fingerprint density at radius 3 is 2.30 bits per heavy atom. The van der Waals surface area contributed by atoms with Crippen LogP contribution in [0.3, 0.4) is 0 Å². The molecule has 1 amide bonds. The van der Waals surface area contributed by atoms with Crippen molar-refractivity contribution in [1.82, 2.24) is 0 Å². The van der Waals surface area contributed by atoms with Crippen LogP contribution >= 0.6 is 0 Å². The molecule has 108 valence electrons. The topological polar surface area (TPSA) is 57.6 Å². The first-order valence-corrected chi connectivity index (χ1v) is 6.94. The van der Waals surface area contributed by atoms with Crippen molar-refractivity contribution in [2.45, 2.75) is 33.1 Å². The van der Waals surface area contributed by atoms with Crippen LogP contribution in [0.5, 0.6) is 0 Å². The van der Waals surface area contributed by atoms with Gasteiger partial charge in [-0.05, 0) is 42.5 Å². The van der Waals surface area contributed by atoms with Crippen molar-refractivity contribution in [2.24, 2.45) is 11.3 Å². The smallest absolute Gasteiger partial charge is 0.335 e. The van der Waals surface area contributed by atoms with Crippen LogP contribution in [0.15, 0.2) is 24.3 Å². The number of hydrogen-bond acceptors (Lipinski definition) is 2. The molecule has 1 aromatic rings. The van der Waals surface area contributed by atoms with Gasteiger partial charge in [-0.3, -0.25) is 4.79 Å². The van der Waals surface area contributed by atoms with E-state index in [4.69, 9.17) is 5.11 Å². The Morgan fingerprint density at radius 2 is 1.85 bits per heavy atom. The molecule has 0 spiro atoms. The van der Waals surface area contributed by atoms with E-state index in [1.54, 1.807) is 24.1 Å². The van der Waals surface area contributed by atoms with Gasteiger partial charge in [0.05, 0.1) is 5.56 Å². The van der Waals surface area contributed by atoms with Crippen molar-refractivity contribution in [1.29, 1.82) is 0 Å². The number of carboxylic acid groups (broad SMARTS) is 1. The second kappa shape index (κ2) is 5.27. The van der Waals surface area contributed by atoms with Gasteiger partial charge in [0.1, 0.15) is 0 Å². The predicted octanol–water partition coefficient (Wildman–Crippen LogP) is 3.17. The first kappa shape index (κ1) is 14.6. The lowest BCUT2D eigenvalue weighted by atomic mass is 9.81. The van der Waals surface area contributed by atoms with Gasteiger partial charge in [0.15, 0.2) is 0 Å². The van der Waals surface area contributed by atoms with Gasteiger partial charge in [0, 0.05) is 18.7 Å².